The number of likely N-dealkylation sites (tertiary alicyclic amines) is 1. The predicted molar refractivity (Wildman–Crippen MR) is 123 cm³/mol. The summed E-state index contributed by atoms with van der Waals surface area (Å²) in [5.74, 6) is 0.563. The number of nitrogens with one attached hydrogen (secondary N) is 2. The number of rotatable bonds is 5. The lowest BCUT2D eigenvalue weighted by atomic mass is 9.96. The van der Waals surface area contributed by atoms with E-state index in [0.717, 1.165) is 45.6 Å². The van der Waals surface area contributed by atoms with Gasteiger partial charge in [-0.3, -0.25) is 9.69 Å². The zero-order valence-corrected chi connectivity index (χ0v) is 18.8. The molecule has 0 aliphatic carbocycles. The molecule has 8 heteroatoms. The Kier molecular flexibility index (Phi) is 7.12. The quantitative estimate of drug-likeness (QED) is 0.737. The van der Waals surface area contributed by atoms with Crippen molar-refractivity contribution in [3.63, 3.8) is 0 Å². The third-order valence-electron chi connectivity index (χ3n) is 6.05. The van der Waals surface area contributed by atoms with Gasteiger partial charge < -0.3 is 24.7 Å². The number of urea groups is 1. The molecular weight excluding hydrogens is 408 g/mol. The first kappa shape index (κ1) is 22.4. The molecule has 2 aromatic rings. The summed E-state index contributed by atoms with van der Waals surface area (Å²) in [5, 5.41) is 5.72. The number of piperidine rings is 1. The van der Waals surface area contributed by atoms with Gasteiger partial charge in [-0.1, -0.05) is 0 Å². The van der Waals surface area contributed by atoms with Gasteiger partial charge in [0, 0.05) is 44.1 Å². The topological polar surface area (TPSA) is 87.1 Å². The number of morpholine rings is 1. The third kappa shape index (κ3) is 5.89. The maximum Gasteiger partial charge on any atom is 0.321 e. The molecule has 2 atom stereocenters. The minimum absolute atomic E-state index is 0.0792. The van der Waals surface area contributed by atoms with E-state index in [4.69, 9.17) is 9.15 Å². The number of anilines is 2. The fourth-order valence-corrected chi connectivity index (χ4v) is 4.56. The van der Waals surface area contributed by atoms with E-state index in [1.165, 1.54) is 6.26 Å². The van der Waals surface area contributed by atoms with Gasteiger partial charge in [0.15, 0.2) is 5.76 Å². The van der Waals surface area contributed by atoms with Crippen LogP contribution >= 0.6 is 0 Å². The number of ether oxygens (including phenoxy) is 1. The van der Waals surface area contributed by atoms with Gasteiger partial charge in [0.25, 0.3) is 5.91 Å². The van der Waals surface area contributed by atoms with Crippen molar-refractivity contribution in [2.24, 2.45) is 5.92 Å². The molecule has 172 valence electrons. The average molecular weight is 441 g/mol. The summed E-state index contributed by atoms with van der Waals surface area (Å²) in [6.45, 7) is 8.86. The Balaban J connectivity index is 1.21. The van der Waals surface area contributed by atoms with Crippen LogP contribution in [0.4, 0.5) is 16.2 Å². The summed E-state index contributed by atoms with van der Waals surface area (Å²) in [5.41, 5.74) is 1.33. The maximum atomic E-state index is 12.7. The number of carbonyl (C=O) groups is 2. The number of nitrogens with zero attached hydrogens (tertiary/aromatic N) is 2. The van der Waals surface area contributed by atoms with Gasteiger partial charge in [0.2, 0.25) is 0 Å². The largest absolute Gasteiger partial charge is 0.459 e. The van der Waals surface area contributed by atoms with Crippen molar-refractivity contribution < 1.29 is 18.7 Å². The lowest BCUT2D eigenvalue weighted by molar-refractivity contribution is -0.0728. The molecule has 0 bridgehead atoms. The number of carbonyl (C=O) groups excluding carboxylic acids is 2. The predicted octanol–water partition coefficient (Wildman–Crippen LogP) is 3.89. The molecule has 2 unspecified atom stereocenters. The van der Waals surface area contributed by atoms with Gasteiger partial charge >= 0.3 is 6.03 Å². The van der Waals surface area contributed by atoms with Crippen molar-refractivity contribution in [3.8, 4) is 0 Å². The van der Waals surface area contributed by atoms with Gasteiger partial charge in [0.05, 0.1) is 18.5 Å². The average Bonchev–Trinajstić information content (AvgIpc) is 3.30. The van der Waals surface area contributed by atoms with E-state index in [2.05, 4.69) is 29.4 Å². The highest BCUT2D eigenvalue weighted by atomic mass is 16.5. The Hall–Kier alpha value is -2.84. The normalized spacial score (nSPS) is 22.5. The Morgan fingerprint density at radius 2 is 1.59 bits per heavy atom. The van der Waals surface area contributed by atoms with Gasteiger partial charge in [-0.2, -0.15) is 0 Å². The first-order valence-corrected chi connectivity index (χ1v) is 11.3. The van der Waals surface area contributed by atoms with E-state index >= 15 is 0 Å². The highest BCUT2D eigenvalue weighted by Gasteiger charge is 2.28. The molecule has 3 heterocycles. The second-order valence-corrected chi connectivity index (χ2v) is 8.85. The molecule has 0 radical (unpaired) electrons. The summed E-state index contributed by atoms with van der Waals surface area (Å²) in [7, 11) is 0. The minimum Gasteiger partial charge on any atom is -0.459 e. The van der Waals surface area contributed by atoms with E-state index in [0.29, 0.717) is 17.3 Å². The van der Waals surface area contributed by atoms with Crippen molar-refractivity contribution in [2.45, 2.75) is 38.9 Å². The molecular formula is C24H32N4O4. The van der Waals surface area contributed by atoms with Crippen LogP contribution in [0.5, 0.6) is 0 Å². The van der Waals surface area contributed by atoms with Crippen molar-refractivity contribution in [2.75, 3.05) is 43.4 Å². The SMILES string of the molecule is CC1CN(CC2CCN(C(=O)Nc3ccc(NC(=O)c4ccco4)cc3)CC2)CC(C)O1. The van der Waals surface area contributed by atoms with Crippen LogP contribution in [0.15, 0.2) is 47.1 Å². The maximum absolute atomic E-state index is 12.7. The van der Waals surface area contributed by atoms with Crippen molar-refractivity contribution >= 4 is 23.3 Å². The number of hydrogen-bond donors (Lipinski definition) is 2. The van der Waals surface area contributed by atoms with E-state index < -0.39 is 0 Å². The van der Waals surface area contributed by atoms with E-state index in [1.807, 2.05) is 4.90 Å². The molecule has 1 aromatic carbocycles. The molecule has 2 saturated heterocycles. The highest BCUT2D eigenvalue weighted by Crippen LogP contribution is 2.22. The molecule has 2 fully saturated rings. The summed E-state index contributed by atoms with van der Waals surface area (Å²) < 4.78 is 10.9. The number of furan rings is 1. The molecule has 2 N–H and O–H groups in total. The number of amides is 3. The van der Waals surface area contributed by atoms with Crippen LogP contribution in [0, 0.1) is 5.92 Å². The molecule has 0 spiro atoms. The highest BCUT2D eigenvalue weighted by molar-refractivity contribution is 6.02. The number of hydrogen-bond acceptors (Lipinski definition) is 5. The molecule has 2 aliphatic rings. The van der Waals surface area contributed by atoms with Crippen LogP contribution in [-0.4, -0.2) is 66.7 Å². The van der Waals surface area contributed by atoms with Crippen LogP contribution in [0.2, 0.25) is 0 Å². The van der Waals surface area contributed by atoms with Crippen LogP contribution in [0.1, 0.15) is 37.2 Å². The molecule has 32 heavy (non-hydrogen) atoms. The zero-order chi connectivity index (χ0) is 22.5. The Morgan fingerprint density at radius 3 is 2.19 bits per heavy atom. The fraction of sp³-hybridized carbons (Fsp3) is 0.500. The zero-order valence-electron chi connectivity index (χ0n) is 18.8. The molecule has 2 aliphatic heterocycles. The van der Waals surface area contributed by atoms with E-state index in [-0.39, 0.29) is 29.9 Å². The standard InChI is InChI=1S/C24H32N4O4/c1-17-14-27(15-18(2)32-17)16-19-9-11-28(12-10-19)24(30)26-21-7-5-20(6-8-21)25-23(29)22-4-3-13-31-22/h3-8,13,17-19H,9-12,14-16H2,1-2H3,(H,25,29)(H,26,30). The number of benzene rings is 1. The van der Waals surface area contributed by atoms with Crippen molar-refractivity contribution in [1.29, 1.82) is 0 Å². The van der Waals surface area contributed by atoms with Gasteiger partial charge in [-0.15, -0.1) is 0 Å². The monoisotopic (exact) mass is 440 g/mol. The smallest absolute Gasteiger partial charge is 0.321 e. The molecule has 4 rings (SSSR count). The fourth-order valence-electron chi connectivity index (χ4n) is 4.56. The lowest BCUT2D eigenvalue weighted by Gasteiger charge is -2.39. The first-order valence-electron chi connectivity index (χ1n) is 11.3. The summed E-state index contributed by atoms with van der Waals surface area (Å²) in [6, 6.07) is 10.3. The Labute approximate surface area is 188 Å². The Morgan fingerprint density at radius 1 is 0.969 bits per heavy atom. The van der Waals surface area contributed by atoms with Gasteiger partial charge in [0.1, 0.15) is 0 Å². The third-order valence-corrected chi connectivity index (χ3v) is 6.05. The molecule has 3 amide bonds. The van der Waals surface area contributed by atoms with Gasteiger partial charge in [-0.05, 0) is 69.0 Å². The van der Waals surface area contributed by atoms with E-state index in [9.17, 15) is 9.59 Å². The summed E-state index contributed by atoms with van der Waals surface area (Å²) >= 11 is 0. The van der Waals surface area contributed by atoms with Crippen LogP contribution in [0.3, 0.4) is 0 Å². The second kappa shape index (κ2) is 10.2. The van der Waals surface area contributed by atoms with Gasteiger partial charge in [-0.25, -0.2) is 4.79 Å². The summed E-state index contributed by atoms with van der Waals surface area (Å²) in [6.07, 6.45) is 4.07. The van der Waals surface area contributed by atoms with Crippen LogP contribution in [0.25, 0.3) is 0 Å². The molecule has 0 saturated carbocycles. The molecule has 8 nitrogen and oxygen atoms in total. The summed E-state index contributed by atoms with van der Waals surface area (Å²) in [4.78, 5) is 29.1. The van der Waals surface area contributed by atoms with E-state index in [1.54, 1.807) is 36.4 Å². The minimum atomic E-state index is -0.310. The van der Waals surface area contributed by atoms with Crippen LogP contribution in [-0.2, 0) is 4.74 Å². The second-order valence-electron chi connectivity index (χ2n) is 8.85. The van der Waals surface area contributed by atoms with Crippen molar-refractivity contribution in [3.05, 3.63) is 48.4 Å². The molecule has 1 aromatic heterocycles. The lowest BCUT2D eigenvalue weighted by Crippen LogP contribution is -2.49. The van der Waals surface area contributed by atoms with Crippen LogP contribution < -0.4 is 10.6 Å². The first-order chi connectivity index (χ1) is 15.5. The van der Waals surface area contributed by atoms with Crippen molar-refractivity contribution in [1.82, 2.24) is 9.80 Å². The Bertz CT molecular complexity index is 881.